The first kappa shape index (κ1) is 18.4. The zero-order chi connectivity index (χ0) is 18.5. The molecule has 1 saturated heterocycles. The molecule has 6 nitrogen and oxygen atoms in total. The highest BCUT2D eigenvalue weighted by Gasteiger charge is 2.28. The number of nitrogens with one attached hydrogen (secondary N) is 2. The topological polar surface area (TPSA) is 82.3 Å². The van der Waals surface area contributed by atoms with Gasteiger partial charge in [0.25, 0.3) is 5.56 Å². The molecule has 0 aliphatic carbocycles. The minimum absolute atomic E-state index is 0.0222. The van der Waals surface area contributed by atoms with Crippen LogP contribution in [0.25, 0.3) is 0 Å². The lowest BCUT2D eigenvalue weighted by atomic mass is 9.96. The first-order valence-electron chi connectivity index (χ1n) is 8.54. The fourth-order valence-corrected chi connectivity index (χ4v) is 3.43. The van der Waals surface area contributed by atoms with Crippen molar-refractivity contribution in [1.82, 2.24) is 9.88 Å². The lowest BCUT2D eigenvalue weighted by molar-refractivity contribution is -0.133. The van der Waals surface area contributed by atoms with E-state index in [4.69, 9.17) is 0 Å². The predicted molar refractivity (Wildman–Crippen MR) is 103 cm³/mol. The molecule has 1 aliphatic heterocycles. The smallest absolute Gasteiger partial charge is 0.271 e. The summed E-state index contributed by atoms with van der Waals surface area (Å²) in [6.07, 6.45) is 3.32. The van der Waals surface area contributed by atoms with Gasteiger partial charge >= 0.3 is 0 Å². The molecule has 7 heteroatoms. The van der Waals surface area contributed by atoms with Crippen LogP contribution in [0.1, 0.15) is 18.4 Å². The van der Waals surface area contributed by atoms with Gasteiger partial charge < -0.3 is 15.2 Å². The minimum atomic E-state index is -0.352. The molecule has 2 aromatic rings. The summed E-state index contributed by atoms with van der Waals surface area (Å²) in [6.45, 7) is 1.04. The molecule has 1 aromatic heterocycles. The lowest BCUT2D eigenvalue weighted by Crippen LogP contribution is -2.44. The average Bonchev–Trinajstić information content (AvgIpc) is 2.65. The maximum Gasteiger partial charge on any atom is 0.271 e. The SMILES string of the molecule is O=C(Nc1cc(Br)c[nH]c1=O)C1CCCN(C(=O)Cc2ccccc2)C1. The van der Waals surface area contributed by atoms with Crippen LogP contribution in [0.4, 0.5) is 5.69 Å². The molecule has 0 bridgehead atoms. The summed E-state index contributed by atoms with van der Waals surface area (Å²) in [4.78, 5) is 41.2. The van der Waals surface area contributed by atoms with E-state index < -0.39 is 0 Å². The van der Waals surface area contributed by atoms with Gasteiger partial charge in [0.15, 0.2) is 0 Å². The second-order valence-electron chi connectivity index (χ2n) is 6.39. The highest BCUT2D eigenvalue weighted by Crippen LogP contribution is 2.20. The van der Waals surface area contributed by atoms with Crippen LogP contribution < -0.4 is 10.9 Å². The summed E-state index contributed by atoms with van der Waals surface area (Å²) in [5, 5.41) is 2.68. The standard InChI is InChI=1S/C19H20BrN3O3/c20-15-10-16(19(26)21-11-15)22-18(25)14-7-4-8-23(12-14)17(24)9-13-5-2-1-3-6-13/h1-3,5-6,10-11,14H,4,7-9,12H2,(H,21,26)(H,22,25). The molecule has 0 saturated carbocycles. The number of piperidine rings is 1. The molecule has 26 heavy (non-hydrogen) atoms. The second-order valence-corrected chi connectivity index (χ2v) is 7.31. The third-order valence-electron chi connectivity index (χ3n) is 4.47. The summed E-state index contributed by atoms with van der Waals surface area (Å²) >= 11 is 3.27. The number of H-pyrrole nitrogens is 1. The van der Waals surface area contributed by atoms with E-state index in [9.17, 15) is 14.4 Å². The van der Waals surface area contributed by atoms with Gasteiger partial charge in [-0.2, -0.15) is 0 Å². The minimum Gasteiger partial charge on any atom is -0.342 e. The molecule has 136 valence electrons. The molecule has 1 fully saturated rings. The van der Waals surface area contributed by atoms with E-state index in [0.717, 1.165) is 12.0 Å². The molecule has 1 atom stereocenters. The highest BCUT2D eigenvalue weighted by atomic mass is 79.9. The van der Waals surface area contributed by atoms with Crippen molar-refractivity contribution in [2.45, 2.75) is 19.3 Å². The van der Waals surface area contributed by atoms with E-state index in [-0.39, 0.29) is 29.0 Å². The lowest BCUT2D eigenvalue weighted by Gasteiger charge is -2.32. The van der Waals surface area contributed by atoms with Crippen molar-refractivity contribution in [3.05, 3.63) is 63.0 Å². The monoisotopic (exact) mass is 417 g/mol. The Hall–Kier alpha value is -2.41. The highest BCUT2D eigenvalue weighted by molar-refractivity contribution is 9.10. The number of aromatic nitrogens is 1. The Labute approximate surface area is 159 Å². The first-order valence-corrected chi connectivity index (χ1v) is 9.33. The number of pyridine rings is 1. The molecular weight excluding hydrogens is 398 g/mol. The van der Waals surface area contributed by atoms with Crippen LogP contribution >= 0.6 is 15.9 Å². The largest absolute Gasteiger partial charge is 0.342 e. The Morgan fingerprint density at radius 2 is 2.04 bits per heavy atom. The number of amides is 2. The van der Waals surface area contributed by atoms with Crippen molar-refractivity contribution in [2.24, 2.45) is 5.92 Å². The molecule has 1 unspecified atom stereocenters. The predicted octanol–water partition coefficient (Wildman–Crippen LogP) is 2.56. The number of carbonyl (C=O) groups is 2. The van der Waals surface area contributed by atoms with Gasteiger partial charge in [-0.15, -0.1) is 0 Å². The summed E-state index contributed by atoms with van der Waals surface area (Å²) in [6, 6.07) is 11.1. The first-order chi connectivity index (χ1) is 12.5. The quantitative estimate of drug-likeness (QED) is 0.801. The fourth-order valence-electron chi connectivity index (χ4n) is 3.08. The number of hydrogen-bond donors (Lipinski definition) is 2. The fraction of sp³-hybridized carbons (Fsp3) is 0.316. The zero-order valence-corrected chi connectivity index (χ0v) is 15.8. The van der Waals surface area contributed by atoms with E-state index in [0.29, 0.717) is 30.4 Å². The van der Waals surface area contributed by atoms with Crippen LogP contribution in [-0.4, -0.2) is 34.8 Å². The number of halogens is 1. The number of nitrogens with zero attached hydrogens (tertiary/aromatic N) is 1. The maximum absolute atomic E-state index is 12.5. The normalized spacial score (nSPS) is 17.0. The number of carbonyl (C=O) groups excluding carboxylic acids is 2. The van der Waals surface area contributed by atoms with Crippen LogP contribution in [-0.2, 0) is 16.0 Å². The van der Waals surface area contributed by atoms with E-state index >= 15 is 0 Å². The number of aromatic amines is 1. The summed E-state index contributed by atoms with van der Waals surface area (Å²) < 4.78 is 0.677. The Bertz CT molecular complexity index is 851. The number of hydrogen-bond acceptors (Lipinski definition) is 3. The molecule has 2 heterocycles. The third kappa shape index (κ3) is 4.60. The van der Waals surface area contributed by atoms with Gasteiger partial charge in [-0.3, -0.25) is 14.4 Å². The summed E-state index contributed by atoms with van der Waals surface area (Å²) in [5.41, 5.74) is 0.816. The average molecular weight is 418 g/mol. The molecular formula is C19H20BrN3O3. The van der Waals surface area contributed by atoms with Crippen molar-refractivity contribution in [2.75, 3.05) is 18.4 Å². The van der Waals surface area contributed by atoms with Gasteiger partial charge in [-0.1, -0.05) is 30.3 Å². The maximum atomic E-state index is 12.5. The number of anilines is 1. The van der Waals surface area contributed by atoms with E-state index in [1.807, 2.05) is 30.3 Å². The van der Waals surface area contributed by atoms with E-state index in [2.05, 4.69) is 26.2 Å². The summed E-state index contributed by atoms with van der Waals surface area (Å²) in [5.74, 6) is -0.526. The molecule has 0 radical (unpaired) electrons. The van der Waals surface area contributed by atoms with Crippen LogP contribution in [0.2, 0.25) is 0 Å². The van der Waals surface area contributed by atoms with Gasteiger partial charge in [-0.05, 0) is 40.4 Å². The van der Waals surface area contributed by atoms with Gasteiger partial charge in [0.1, 0.15) is 5.69 Å². The summed E-state index contributed by atoms with van der Waals surface area (Å²) in [7, 11) is 0. The van der Waals surface area contributed by atoms with E-state index in [1.54, 1.807) is 11.0 Å². The van der Waals surface area contributed by atoms with Crippen molar-refractivity contribution in [3.8, 4) is 0 Å². The Kier molecular flexibility index (Phi) is 5.88. The van der Waals surface area contributed by atoms with Crippen molar-refractivity contribution in [3.63, 3.8) is 0 Å². The number of likely N-dealkylation sites (tertiary alicyclic amines) is 1. The van der Waals surface area contributed by atoms with E-state index in [1.165, 1.54) is 6.20 Å². The second kappa shape index (κ2) is 8.31. The number of rotatable bonds is 4. The van der Waals surface area contributed by atoms with Crippen molar-refractivity contribution in [1.29, 1.82) is 0 Å². The zero-order valence-electron chi connectivity index (χ0n) is 14.2. The van der Waals surface area contributed by atoms with Crippen LogP contribution in [0.15, 0.2) is 51.9 Å². The van der Waals surface area contributed by atoms with Gasteiger partial charge in [0.2, 0.25) is 11.8 Å². The Morgan fingerprint density at radius 3 is 2.81 bits per heavy atom. The third-order valence-corrected chi connectivity index (χ3v) is 4.93. The van der Waals surface area contributed by atoms with Crippen LogP contribution in [0.3, 0.4) is 0 Å². The Balaban J connectivity index is 1.62. The van der Waals surface area contributed by atoms with Crippen molar-refractivity contribution >= 4 is 33.4 Å². The van der Waals surface area contributed by atoms with Crippen molar-refractivity contribution < 1.29 is 9.59 Å². The molecule has 1 aromatic carbocycles. The van der Waals surface area contributed by atoms with Gasteiger partial charge in [0, 0.05) is 23.8 Å². The molecule has 3 rings (SSSR count). The Morgan fingerprint density at radius 1 is 1.27 bits per heavy atom. The van der Waals surface area contributed by atoms with Crippen LogP contribution in [0, 0.1) is 5.92 Å². The molecule has 2 amide bonds. The molecule has 2 N–H and O–H groups in total. The molecule has 0 spiro atoms. The molecule has 1 aliphatic rings. The van der Waals surface area contributed by atoms with Gasteiger partial charge in [-0.25, -0.2) is 0 Å². The number of benzene rings is 1. The van der Waals surface area contributed by atoms with Crippen LogP contribution in [0.5, 0.6) is 0 Å². The van der Waals surface area contributed by atoms with Gasteiger partial charge in [0.05, 0.1) is 12.3 Å².